The van der Waals surface area contributed by atoms with E-state index in [1.54, 1.807) is 24.3 Å². The van der Waals surface area contributed by atoms with Crippen molar-refractivity contribution in [2.45, 2.75) is 6.18 Å². The maximum absolute atomic E-state index is 12.7. The molecule has 162 valence electrons. The average molecular weight is 433 g/mol. The maximum Gasteiger partial charge on any atom is 0.416 e. The molecule has 3 rings (SSSR count). The number of nitrogens with zero attached hydrogens (tertiary/aromatic N) is 2. The molecule has 2 N–H and O–H groups in total. The van der Waals surface area contributed by atoms with Gasteiger partial charge < -0.3 is 9.80 Å². The van der Waals surface area contributed by atoms with E-state index in [-0.39, 0.29) is 31.1 Å². The quantitative estimate of drug-likeness (QED) is 0.441. The minimum atomic E-state index is -4.50. The number of hydrogen-bond donors (Lipinski definition) is 2. The smallest absolute Gasteiger partial charge is 0.328 e. The van der Waals surface area contributed by atoms with Gasteiger partial charge in [-0.2, -0.15) is 13.2 Å². The van der Waals surface area contributed by atoms with Crippen LogP contribution in [0.25, 0.3) is 6.08 Å². The van der Waals surface area contributed by atoms with Gasteiger partial charge in [-0.15, -0.1) is 0 Å². The fourth-order valence-corrected chi connectivity index (χ4v) is 3.16. The van der Waals surface area contributed by atoms with Gasteiger partial charge in [-0.1, -0.05) is 18.2 Å². The highest BCUT2D eigenvalue weighted by atomic mass is 19.4. The number of amides is 3. The lowest BCUT2D eigenvalue weighted by Gasteiger charge is -2.35. The Bertz CT molecular complexity index is 1020. The van der Waals surface area contributed by atoms with Crippen LogP contribution in [0.2, 0.25) is 0 Å². The number of halogens is 3. The number of alkyl halides is 3. The molecule has 0 bridgehead atoms. The SMILES string of the molecule is O=C(C=Cc1ccccc1N1CCN(C(=O)c2ccc(C(F)(F)F)cc2)CC1=O)NO. The Morgan fingerprint density at radius 1 is 1.03 bits per heavy atom. The molecule has 2 aromatic carbocycles. The molecule has 7 nitrogen and oxygen atoms in total. The van der Waals surface area contributed by atoms with Gasteiger partial charge in [0, 0.05) is 24.7 Å². The van der Waals surface area contributed by atoms with E-state index in [1.807, 2.05) is 0 Å². The van der Waals surface area contributed by atoms with E-state index >= 15 is 0 Å². The molecule has 3 amide bonds. The van der Waals surface area contributed by atoms with Gasteiger partial charge in [-0.25, -0.2) is 5.48 Å². The molecule has 0 radical (unpaired) electrons. The molecule has 2 aromatic rings. The van der Waals surface area contributed by atoms with Crippen molar-refractivity contribution in [1.82, 2.24) is 10.4 Å². The minimum Gasteiger partial charge on any atom is -0.328 e. The molecule has 1 aliphatic rings. The van der Waals surface area contributed by atoms with Crippen molar-refractivity contribution in [3.63, 3.8) is 0 Å². The van der Waals surface area contributed by atoms with Crippen LogP contribution in [-0.2, 0) is 15.8 Å². The summed E-state index contributed by atoms with van der Waals surface area (Å²) in [6.45, 7) is 0.109. The number of anilines is 1. The van der Waals surface area contributed by atoms with Gasteiger partial charge in [-0.3, -0.25) is 19.6 Å². The van der Waals surface area contributed by atoms with Gasteiger partial charge in [-0.05, 0) is 42.0 Å². The van der Waals surface area contributed by atoms with Crippen LogP contribution in [0.3, 0.4) is 0 Å². The van der Waals surface area contributed by atoms with Gasteiger partial charge in [0.1, 0.15) is 6.54 Å². The van der Waals surface area contributed by atoms with E-state index < -0.39 is 23.6 Å². The van der Waals surface area contributed by atoms with Gasteiger partial charge in [0.15, 0.2) is 0 Å². The summed E-state index contributed by atoms with van der Waals surface area (Å²) in [5, 5.41) is 8.59. The third-order valence-electron chi connectivity index (χ3n) is 4.72. The highest BCUT2D eigenvalue weighted by Crippen LogP contribution is 2.29. The van der Waals surface area contributed by atoms with Gasteiger partial charge in [0.05, 0.1) is 11.3 Å². The number of carbonyl (C=O) groups is 3. The van der Waals surface area contributed by atoms with Crippen molar-refractivity contribution in [1.29, 1.82) is 0 Å². The second-order valence-corrected chi connectivity index (χ2v) is 6.72. The zero-order chi connectivity index (χ0) is 22.6. The first-order valence-corrected chi connectivity index (χ1v) is 9.19. The number of hydrogen-bond acceptors (Lipinski definition) is 4. The number of para-hydroxylation sites is 1. The predicted molar refractivity (Wildman–Crippen MR) is 105 cm³/mol. The predicted octanol–water partition coefficient (Wildman–Crippen LogP) is 2.71. The van der Waals surface area contributed by atoms with Crippen LogP contribution in [0.4, 0.5) is 18.9 Å². The van der Waals surface area contributed by atoms with Crippen LogP contribution < -0.4 is 10.4 Å². The van der Waals surface area contributed by atoms with Gasteiger partial charge in [0.2, 0.25) is 5.91 Å². The third-order valence-corrected chi connectivity index (χ3v) is 4.72. The monoisotopic (exact) mass is 433 g/mol. The third kappa shape index (κ3) is 5.10. The summed E-state index contributed by atoms with van der Waals surface area (Å²) in [5.74, 6) is -1.64. The zero-order valence-corrected chi connectivity index (χ0v) is 16.1. The fraction of sp³-hybridized carbons (Fsp3) is 0.190. The van der Waals surface area contributed by atoms with Crippen LogP contribution in [0.5, 0.6) is 0 Å². The Hall–Kier alpha value is -3.66. The van der Waals surface area contributed by atoms with Crippen LogP contribution in [-0.4, -0.2) is 47.5 Å². The largest absolute Gasteiger partial charge is 0.416 e. The Labute approximate surface area is 175 Å². The second kappa shape index (κ2) is 9.00. The Kier molecular flexibility index (Phi) is 6.40. The van der Waals surface area contributed by atoms with Crippen molar-refractivity contribution in [3.8, 4) is 0 Å². The Balaban J connectivity index is 1.73. The van der Waals surface area contributed by atoms with Crippen LogP contribution in [0.1, 0.15) is 21.5 Å². The molecule has 0 unspecified atom stereocenters. The Morgan fingerprint density at radius 2 is 1.71 bits per heavy atom. The van der Waals surface area contributed by atoms with E-state index in [0.717, 1.165) is 30.3 Å². The van der Waals surface area contributed by atoms with Crippen molar-refractivity contribution < 1.29 is 32.8 Å². The molecule has 0 atom stereocenters. The summed E-state index contributed by atoms with van der Waals surface area (Å²) in [7, 11) is 0. The van der Waals surface area contributed by atoms with E-state index in [1.165, 1.54) is 21.4 Å². The molecule has 31 heavy (non-hydrogen) atoms. The van der Waals surface area contributed by atoms with Crippen molar-refractivity contribution in [2.75, 3.05) is 24.5 Å². The van der Waals surface area contributed by atoms with Crippen LogP contribution >= 0.6 is 0 Å². The van der Waals surface area contributed by atoms with Crippen molar-refractivity contribution >= 4 is 29.5 Å². The second-order valence-electron chi connectivity index (χ2n) is 6.72. The lowest BCUT2D eigenvalue weighted by Crippen LogP contribution is -2.52. The summed E-state index contributed by atoms with van der Waals surface area (Å²) in [6, 6.07) is 10.6. The summed E-state index contributed by atoms with van der Waals surface area (Å²) in [6.07, 6.45) is -1.95. The molecular formula is C21H18F3N3O4. The Morgan fingerprint density at radius 3 is 2.32 bits per heavy atom. The molecule has 1 heterocycles. The average Bonchev–Trinajstić information content (AvgIpc) is 2.76. The van der Waals surface area contributed by atoms with Gasteiger partial charge >= 0.3 is 6.18 Å². The fourth-order valence-electron chi connectivity index (χ4n) is 3.16. The summed E-state index contributed by atoms with van der Waals surface area (Å²) in [4.78, 5) is 39.3. The first-order valence-electron chi connectivity index (χ1n) is 9.19. The summed E-state index contributed by atoms with van der Waals surface area (Å²) in [5.41, 5.74) is 1.76. The lowest BCUT2D eigenvalue weighted by molar-refractivity contribution is -0.137. The minimum absolute atomic E-state index is 0.0626. The number of hydroxylamine groups is 1. The standard InChI is InChI=1S/C21H18F3N3O4/c22-21(23,24)16-8-5-15(6-9-16)20(30)26-11-12-27(19(29)13-26)17-4-2-1-3-14(17)7-10-18(28)25-31/h1-10,31H,11-13H2,(H,25,28). The number of benzene rings is 2. The van der Waals surface area contributed by atoms with E-state index in [0.29, 0.717) is 11.3 Å². The molecule has 0 aliphatic carbocycles. The van der Waals surface area contributed by atoms with Crippen molar-refractivity contribution in [2.24, 2.45) is 0 Å². The molecule has 1 saturated heterocycles. The molecule has 1 aliphatic heterocycles. The summed E-state index contributed by atoms with van der Waals surface area (Å²) >= 11 is 0. The van der Waals surface area contributed by atoms with Crippen molar-refractivity contribution in [3.05, 3.63) is 71.3 Å². The topological polar surface area (TPSA) is 90.0 Å². The molecule has 0 spiro atoms. The molecule has 10 heteroatoms. The van der Waals surface area contributed by atoms with Gasteiger partial charge in [0.25, 0.3) is 11.8 Å². The first kappa shape index (κ1) is 22.0. The lowest BCUT2D eigenvalue weighted by atomic mass is 10.1. The van der Waals surface area contributed by atoms with E-state index in [2.05, 4.69) is 0 Å². The number of piperazine rings is 1. The van der Waals surface area contributed by atoms with Crippen LogP contribution in [0.15, 0.2) is 54.6 Å². The molecular weight excluding hydrogens is 415 g/mol. The normalized spacial score (nSPS) is 14.8. The number of carbonyl (C=O) groups excluding carboxylic acids is 3. The summed E-state index contributed by atoms with van der Waals surface area (Å²) < 4.78 is 38.1. The molecule has 1 fully saturated rings. The number of rotatable bonds is 4. The van der Waals surface area contributed by atoms with E-state index in [4.69, 9.17) is 5.21 Å². The molecule has 0 aromatic heterocycles. The highest BCUT2D eigenvalue weighted by Gasteiger charge is 2.32. The maximum atomic E-state index is 12.7. The zero-order valence-electron chi connectivity index (χ0n) is 16.1. The van der Waals surface area contributed by atoms with E-state index in [9.17, 15) is 27.6 Å². The number of nitrogens with one attached hydrogen (secondary N) is 1. The molecule has 0 saturated carbocycles. The highest BCUT2D eigenvalue weighted by molar-refractivity contribution is 6.03. The van der Waals surface area contributed by atoms with Crippen LogP contribution in [0, 0.1) is 0 Å². The first-order chi connectivity index (χ1) is 14.7.